The molecule has 0 aromatic heterocycles. The summed E-state index contributed by atoms with van der Waals surface area (Å²) in [7, 11) is 3.73. The van der Waals surface area contributed by atoms with Crippen LogP contribution >= 0.6 is 24.0 Å². The van der Waals surface area contributed by atoms with Gasteiger partial charge in [-0.1, -0.05) is 19.3 Å². The standard InChI is InChI=1S/C21H36N4O2.HI/c1-4-22-19(23-14-20(9-5-6-10-20)18(26)25(2)3)24-16-15-8-13-27-17(15)21(16)11-7-12-21;/h15-17H,4-14H2,1-3H3,(H2,22,23,24);1H. The predicted octanol–water partition coefficient (Wildman–Crippen LogP) is 2.77. The second-order valence-electron chi connectivity index (χ2n) is 9.33. The van der Waals surface area contributed by atoms with Gasteiger partial charge in [-0.3, -0.25) is 9.79 Å². The molecule has 3 aliphatic carbocycles. The van der Waals surface area contributed by atoms with E-state index >= 15 is 0 Å². The lowest BCUT2D eigenvalue weighted by Crippen LogP contribution is -2.72. The number of rotatable bonds is 5. The molecule has 3 atom stereocenters. The normalized spacial score (nSPS) is 32.0. The maximum absolute atomic E-state index is 12.8. The number of nitrogens with one attached hydrogen (secondary N) is 2. The maximum atomic E-state index is 12.8. The van der Waals surface area contributed by atoms with Crippen LogP contribution < -0.4 is 10.6 Å². The van der Waals surface area contributed by atoms with E-state index in [1.165, 1.54) is 19.3 Å². The fourth-order valence-corrected chi connectivity index (χ4v) is 6.12. The minimum Gasteiger partial charge on any atom is -0.377 e. The summed E-state index contributed by atoms with van der Waals surface area (Å²) in [5, 5.41) is 7.19. The van der Waals surface area contributed by atoms with Crippen LogP contribution in [0.3, 0.4) is 0 Å². The molecule has 0 radical (unpaired) electrons. The highest BCUT2D eigenvalue weighted by molar-refractivity contribution is 14.0. The largest absolute Gasteiger partial charge is 0.377 e. The van der Waals surface area contributed by atoms with Gasteiger partial charge in [0.15, 0.2) is 5.96 Å². The third-order valence-corrected chi connectivity index (χ3v) is 7.63. The molecule has 160 valence electrons. The van der Waals surface area contributed by atoms with Gasteiger partial charge in [0.25, 0.3) is 0 Å². The Morgan fingerprint density at radius 2 is 1.89 bits per heavy atom. The summed E-state index contributed by atoms with van der Waals surface area (Å²) in [5.74, 6) is 1.75. The second-order valence-corrected chi connectivity index (χ2v) is 9.33. The third-order valence-electron chi connectivity index (χ3n) is 7.63. The van der Waals surface area contributed by atoms with Crippen molar-refractivity contribution in [2.45, 2.75) is 70.4 Å². The van der Waals surface area contributed by atoms with Gasteiger partial charge < -0.3 is 20.3 Å². The molecule has 1 saturated heterocycles. The highest BCUT2D eigenvalue weighted by Crippen LogP contribution is 2.62. The van der Waals surface area contributed by atoms with E-state index in [0.29, 0.717) is 30.0 Å². The molecule has 1 aliphatic heterocycles. The molecular weight excluding hydrogens is 467 g/mol. The average molecular weight is 504 g/mol. The van der Waals surface area contributed by atoms with Crippen LogP contribution in [-0.2, 0) is 9.53 Å². The van der Waals surface area contributed by atoms with Crippen LogP contribution in [0.1, 0.15) is 58.3 Å². The summed E-state index contributed by atoms with van der Waals surface area (Å²) in [6.07, 6.45) is 9.66. The molecule has 0 aromatic carbocycles. The number of aliphatic imine (C=N–C) groups is 1. The first-order chi connectivity index (χ1) is 13.0. The molecule has 28 heavy (non-hydrogen) atoms. The summed E-state index contributed by atoms with van der Waals surface area (Å²) < 4.78 is 6.05. The Hall–Kier alpha value is -0.570. The Morgan fingerprint density at radius 3 is 2.46 bits per heavy atom. The van der Waals surface area contributed by atoms with Crippen molar-refractivity contribution in [2.75, 3.05) is 33.8 Å². The van der Waals surface area contributed by atoms with Crippen LogP contribution in [-0.4, -0.2) is 62.7 Å². The van der Waals surface area contributed by atoms with Gasteiger partial charge in [-0.05, 0) is 39.0 Å². The molecule has 3 saturated carbocycles. The number of carbonyl (C=O) groups is 1. The summed E-state index contributed by atoms with van der Waals surface area (Å²) in [6.45, 7) is 4.44. The van der Waals surface area contributed by atoms with Crippen LogP contribution in [0.5, 0.6) is 0 Å². The van der Waals surface area contributed by atoms with Gasteiger partial charge >= 0.3 is 0 Å². The lowest BCUT2D eigenvalue weighted by Gasteiger charge is -2.63. The van der Waals surface area contributed by atoms with Crippen molar-refractivity contribution in [3.63, 3.8) is 0 Å². The van der Waals surface area contributed by atoms with E-state index in [1.807, 2.05) is 14.1 Å². The van der Waals surface area contributed by atoms with E-state index in [2.05, 4.69) is 17.6 Å². The van der Waals surface area contributed by atoms with Crippen molar-refractivity contribution in [3.8, 4) is 0 Å². The van der Waals surface area contributed by atoms with E-state index in [0.717, 1.165) is 51.2 Å². The van der Waals surface area contributed by atoms with E-state index in [-0.39, 0.29) is 35.3 Å². The minimum absolute atomic E-state index is 0. The van der Waals surface area contributed by atoms with Gasteiger partial charge in [-0.25, -0.2) is 0 Å². The number of hydrogen-bond donors (Lipinski definition) is 2. The minimum atomic E-state index is -0.307. The molecule has 1 amide bonds. The monoisotopic (exact) mass is 504 g/mol. The zero-order chi connectivity index (χ0) is 19.1. The lowest BCUT2D eigenvalue weighted by atomic mass is 9.46. The first-order valence-electron chi connectivity index (χ1n) is 10.9. The molecule has 1 heterocycles. The summed E-state index contributed by atoms with van der Waals surface area (Å²) in [4.78, 5) is 19.5. The Kier molecular flexibility index (Phi) is 6.84. The maximum Gasteiger partial charge on any atom is 0.230 e. The van der Waals surface area contributed by atoms with E-state index in [9.17, 15) is 4.79 Å². The quantitative estimate of drug-likeness (QED) is 0.344. The molecule has 4 rings (SSSR count). The number of amides is 1. The first-order valence-corrected chi connectivity index (χ1v) is 10.9. The Morgan fingerprint density at radius 1 is 1.18 bits per heavy atom. The van der Waals surface area contributed by atoms with Gasteiger partial charge in [0.05, 0.1) is 18.1 Å². The van der Waals surface area contributed by atoms with Crippen LogP contribution in [0.15, 0.2) is 4.99 Å². The second kappa shape index (κ2) is 8.66. The van der Waals surface area contributed by atoms with Crippen LogP contribution in [0.2, 0.25) is 0 Å². The molecule has 4 fully saturated rings. The van der Waals surface area contributed by atoms with Gasteiger partial charge in [0, 0.05) is 44.6 Å². The number of halogens is 1. The van der Waals surface area contributed by atoms with Crippen molar-refractivity contribution in [2.24, 2.45) is 21.7 Å². The van der Waals surface area contributed by atoms with Crippen LogP contribution in [0.25, 0.3) is 0 Å². The van der Waals surface area contributed by atoms with Gasteiger partial charge in [0.2, 0.25) is 5.91 Å². The van der Waals surface area contributed by atoms with Crippen LogP contribution in [0.4, 0.5) is 0 Å². The molecule has 7 heteroatoms. The van der Waals surface area contributed by atoms with Crippen molar-refractivity contribution in [1.29, 1.82) is 0 Å². The van der Waals surface area contributed by atoms with Crippen molar-refractivity contribution in [1.82, 2.24) is 15.5 Å². The number of hydrogen-bond acceptors (Lipinski definition) is 3. The van der Waals surface area contributed by atoms with Crippen molar-refractivity contribution >= 4 is 35.8 Å². The van der Waals surface area contributed by atoms with Crippen molar-refractivity contribution in [3.05, 3.63) is 0 Å². The molecular formula is C21H37IN4O2. The highest BCUT2D eigenvalue weighted by Gasteiger charge is 2.66. The summed E-state index contributed by atoms with van der Waals surface area (Å²) >= 11 is 0. The average Bonchev–Trinajstić information content (AvgIpc) is 3.24. The summed E-state index contributed by atoms with van der Waals surface area (Å²) in [6, 6.07) is 0.473. The van der Waals surface area contributed by atoms with E-state index in [4.69, 9.17) is 9.73 Å². The Bertz CT molecular complexity index is 599. The molecule has 2 N–H and O–H groups in total. The molecule has 0 aromatic rings. The fourth-order valence-electron chi connectivity index (χ4n) is 6.12. The van der Waals surface area contributed by atoms with Crippen LogP contribution in [0, 0.1) is 16.7 Å². The zero-order valence-corrected chi connectivity index (χ0v) is 20.0. The topological polar surface area (TPSA) is 66.0 Å². The number of ether oxygens (including phenoxy) is 1. The molecule has 0 bridgehead atoms. The molecule has 4 aliphatic rings. The summed E-state index contributed by atoms with van der Waals surface area (Å²) in [5.41, 5.74) is 0.0283. The number of carbonyl (C=O) groups excluding carboxylic acids is 1. The van der Waals surface area contributed by atoms with E-state index in [1.54, 1.807) is 4.90 Å². The lowest BCUT2D eigenvalue weighted by molar-refractivity contribution is -0.171. The highest BCUT2D eigenvalue weighted by atomic mass is 127. The molecule has 3 unspecified atom stereocenters. The van der Waals surface area contributed by atoms with Gasteiger partial charge in [0.1, 0.15) is 0 Å². The zero-order valence-electron chi connectivity index (χ0n) is 17.6. The number of guanidine groups is 1. The van der Waals surface area contributed by atoms with Crippen molar-refractivity contribution < 1.29 is 9.53 Å². The third kappa shape index (κ3) is 3.55. The Labute approximate surface area is 186 Å². The van der Waals surface area contributed by atoms with Gasteiger partial charge in [-0.2, -0.15) is 0 Å². The Balaban J connectivity index is 0.00000225. The molecule has 6 nitrogen and oxygen atoms in total. The number of nitrogens with zero attached hydrogens (tertiary/aromatic N) is 2. The predicted molar refractivity (Wildman–Crippen MR) is 122 cm³/mol. The number of fused-ring (bicyclic) bond motifs is 2. The van der Waals surface area contributed by atoms with Gasteiger partial charge in [-0.15, -0.1) is 24.0 Å². The van der Waals surface area contributed by atoms with E-state index < -0.39 is 0 Å². The first kappa shape index (κ1) is 22.1. The SMILES string of the molecule is CCNC(=NCC1(C(=O)N(C)C)CCCC1)NC1C2CCOC2C12CCC2.I. The fraction of sp³-hybridized carbons (Fsp3) is 0.905. The molecule has 1 spiro atoms. The smallest absolute Gasteiger partial charge is 0.230 e.